The van der Waals surface area contributed by atoms with E-state index in [-0.39, 0.29) is 24.4 Å². The maximum Gasteiger partial charge on any atom is 0.228 e. The summed E-state index contributed by atoms with van der Waals surface area (Å²) >= 11 is 0. The fourth-order valence-electron chi connectivity index (χ4n) is 4.20. The van der Waals surface area contributed by atoms with Crippen LogP contribution in [0.15, 0.2) is 30.3 Å². The summed E-state index contributed by atoms with van der Waals surface area (Å²) in [7, 11) is 0. The molecule has 1 aliphatic carbocycles. The Balaban J connectivity index is 0.00000196. The predicted octanol–water partition coefficient (Wildman–Crippen LogP) is 3.57. The summed E-state index contributed by atoms with van der Waals surface area (Å²) in [4.78, 5) is 15.2. The lowest BCUT2D eigenvalue weighted by molar-refractivity contribution is -0.146. The van der Waals surface area contributed by atoms with Crippen LogP contribution >= 0.6 is 12.4 Å². The van der Waals surface area contributed by atoms with E-state index in [1.54, 1.807) is 0 Å². The van der Waals surface area contributed by atoms with Gasteiger partial charge in [0.25, 0.3) is 0 Å². The van der Waals surface area contributed by atoms with Crippen LogP contribution in [0, 0.1) is 11.8 Å². The molecular weight excluding hydrogens is 348 g/mol. The van der Waals surface area contributed by atoms with Gasteiger partial charge in [0.15, 0.2) is 0 Å². The Morgan fingerprint density at radius 2 is 1.81 bits per heavy atom. The van der Waals surface area contributed by atoms with Gasteiger partial charge in [-0.25, -0.2) is 0 Å². The maximum absolute atomic E-state index is 13.1. The molecule has 2 aliphatic heterocycles. The van der Waals surface area contributed by atoms with E-state index >= 15 is 0 Å². The normalized spacial score (nSPS) is 27.0. The summed E-state index contributed by atoms with van der Waals surface area (Å²) in [5.41, 5.74) is 1.14. The summed E-state index contributed by atoms with van der Waals surface area (Å²) in [6.07, 6.45) is 6.81. The van der Waals surface area contributed by atoms with Crippen LogP contribution in [0.1, 0.15) is 50.2 Å². The fourth-order valence-corrected chi connectivity index (χ4v) is 4.20. The molecule has 2 atom stereocenters. The first-order valence-electron chi connectivity index (χ1n) is 10.00. The quantitative estimate of drug-likeness (QED) is 0.851. The number of nitrogens with one attached hydrogen (secondary N) is 1. The lowest BCUT2D eigenvalue weighted by atomic mass is 9.87. The summed E-state index contributed by atoms with van der Waals surface area (Å²) < 4.78 is 6.02. The monoisotopic (exact) mass is 378 g/mol. The van der Waals surface area contributed by atoms with Crippen molar-refractivity contribution in [2.45, 2.75) is 50.7 Å². The molecule has 3 fully saturated rings. The lowest BCUT2D eigenvalue weighted by Gasteiger charge is -2.38. The number of benzene rings is 1. The first-order chi connectivity index (χ1) is 12.3. The van der Waals surface area contributed by atoms with Gasteiger partial charge in [-0.15, -0.1) is 12.4 Å². The molecule has 4 rings (SSSR count). The number of piperidine rings is 1. The maximum atomic E-state index is 13.1. The Labute approximate surface area is 163 Å². The molecule has 144 valence electrons. The number of ether oxygens (including phenoxy) is 1. The third-order valence-corrected chi connectivity index (χ3v) is 5.97. The van der Waals surface area contributed by atoms with Gasteiger partial charge in [0, 0.05) is 25.7 Å². The van der Waals surface area contributed by atoms with E-state index in [9.17, 15) is 4.79 Å². The summed E-state index contributed by atoms with van der Waals surface area (Å²) in [6, 6.07) is 10.9. The van der Waals surface area contributed by atoms with Gasteiger partial charge >= 0.3 is 0 Å². The highest BCUT2D eigenvalue weighted by molar-refractivity contribution is 5.85. The van der Waals surface area contributed by atoms with E-state index in [4.69, 9.17) is 4.74 Å². The Morgan fingerprint density at radius 3 is 2.50 bits per heavy atom. The number of amides is 1. The van der Waals surface area contributed by atoms with E-state index in [0.717, 1.165) is 56.9 Å². The molecule has 2 heterocycles. The Hall–Kier alpha value is -1.10. The van der Waals surface area contributed by atoms with Crippen molar-refractivity contribution in [1.29, 1.82) is 0 Å². The van der Waals surface area contributed by atoms with Crippen molar-refractivity contribution in [3.63, 3.8) is 0 Å². The highest BCUT2D eigenvalue weighted by atomic mass is 35.5. The van der Waals surface area contributed by atoms with Gasteiger partial charge in [-0.3, -0.25) is 4.79 Å². The zero-order valence-corrected chi connectivity index (χ0v) is 16.3. The first kappa shape index (κ1) is 19.7. The number of carbonyl (C=O) groups is 1. The average molecular weight is 379 g/mol. The Bertz CT molecular complexity index is 571. The molecule has 2 saturated heterocycles. The van der Waals surface area contributed by atoms with Crippen molar-refractivity contribution >= 4 is 18.3 Å². The van der Waals surface area contributed by atoms with Crippen molar-refractivity contribution in [1.82, 2.24) is 10.2 Å². The molecule has 0 spiro atoms. The number of carbonyl (C=O) groups excluding carboxylic acids is 1. The van der Waals surface area contributed by atoms with Gasteiger partial charge in [-0.2, -0.15) is 0 Å². The van der Waals surface area contributed by atoms with Crippen molar-refractivity contribution in [3.8, 4) is 0 Å². The molecule has 0 radical (unpaired) electrons. The number of rotatable bonds is 5. The largest absolute Gasteiger partial charge is 0.373 e. The minimum atomic E-state index is -0.0758. The van der Waals surface area contributed by atoms with Crippen molar-refractivity contribution in [3.05, 3.63) is 35.9 Å². The third kappa shape index (κ3) is 4.79. The molecule has 0 bridgehead atoms. The Kier molecular flexibility index (Phi) is 6.96. The van der Waals surface area contributed by atoms with Crippen molar-refractivity contribution in [2.75, 3.05) is 26.2 Å². The van der Waals surface area contributed by atoms with Gasteiger partial charge in [0.2, 0.25) is 5.91 Å². The molecule has 0 aromatic heterocycles. The molecule has 1 aromatic rings. The smallest absolute Gasteiger partial charge is 0.228 e. The van der Waals surface area contributed by atoms with Gasteiger partial charge in [-0.05, 0) is 56.6 Å². The van der Waals surface area contributed by atoms with Crippen molar-refractivity contribution in [2.24, 2.45) is 11.8 Å². The second kappa shape index (κ2) is 9.20. The summed E-state index contributed by atoms with van der Waals surface area (Å²) in [5.74, 6) is 1.20. The molecule has 4 nitrogen and oxygen atoms in total. The standard InChI is InChI=1S/C21H30N2O2.ClH/c24-21(23-12-10-18(11-13-23)22-15-16-8-9-16)19-7-4-14-25-20(19)17-5-2-1-3-6-17;/h1-3,5-6,16,18-20,22H,4,7-15H2;1H. The Morgan fingerprint density at radius 1 is 1.08 bits per heavy atom. The second-order valence-corrected chi connectivity index (χ2v) is 7.90. The van der Waals surface area contributed by atoms with Crippen LogP contribution in [0.25, 0.3) is 0 Å². The fraction of sp³-hybridized carbons (Fsp3) is 0.667. The van der Waals surface area contributed by atoms with E-state index < -0.39 is 0 Å². The summed E-state index contributed by atoms with van der Waals surface area (Å²) in [5, 5.41) is 3.69. The van der Waals surface area contributed by atoms with E-state index in [2.05, 4.69) is 22.3 Å². The molecule has 1 amide bonds. The first-order valence-corrected chi connectivity index (χ1v) is 10.00. The van der Waals surface area contributed by atoms with Crippen LogP contribution in [0.2, 0.25) is 0 Å². The molecule has 3 aliphatic rings. The molecule has 5 heteroatoms. The third-order valence-electron chi connectivity index (χ3n) is 5.97. The van der Waals surface area contributed by atoms with Crippen molar-refractivity contribution < 1.29 is 9.53 Å². The van der Waals surface area contributed by atoms with Crippen LogP contribution < -0.4 is 5.32 Å². The average Bonchev–Trinajstić information content (AvgIpc) is 3.51. The van der Waals surface area contributed by atoms with Gasteiger partial charge in [0.1, 0.15) is 0 Å². The molecule has 1 aromatic carbocycles. The van der Waals surface area contributed by atoms with Gasteiger partial charge < -0.3 is 15.0 Å². The van der Waals surface area contributed by atoms with Crippen LogP contribution in [0.5, 0.6) is 0 Å². The van der Waals surface area contributed by atoms with E-state index in [0.29, 0.717) is 11.9 Å². The van der Waals surface area contributed by atoms with E-state index in [1.165, 1.54) is 19.4 Å². The van der Waals surface area contributed by atoms with Gasteiger partial charge in [-0.1, -0.05) is 30.3 Å². The zero-order valence-electron chi connectivity index (χ0n) is 15.4. The molecular formula is C21H31ClN2O2. The number of likely N-dealkylation sites (tertiary alicyclic amines) is 1. The highest BCUT2D eigenvalue weighted by Gasteiger charge is 2.36. The molecule has 1 saturated carbocycles. The predicted molar refractivity (Wildman–Crippen MR) is 105 cm³/mol. The molecule has 26 heavy (non-hydrogen) atoms. The topological polar surface area (TPSA) is 41.6 Å². The van der Waals surface area contributed by atoms with Crippen LogP contribution in [0.3, 0.4) is 0 Å². The minimum absolute atomic E-state index is 0. The number of hydrogen-bond acceptors (Lipinski definition) is 3. The minimum Gasteiger partial charge on any atom is -0.373 e. The number of nitrogens with zero attached hydrogens (tertiary/aromatic N) is 1. The van der Waals surface area contributed by atoms with Crippen LogP contribution in [0.4, 0.5) is 0 Å². The molecule has 1 N–H and O–H groups in total. The summed E-state index contributed by atoms with van der Waals surface area (Å²) in [6.45, 7) is 3.71. The zero-order chi connectivity index (χ0) is 17.1. The highest BCUT2D eigenvalue weighted by Crippen LogP contribution is 2.35. The molecule has 2 unspecified atom stereocenters. The van der Waals surface area contributed by atoms with E-state index in [1.807, 2.05) is 18.2 Å². The number of halogens is 1. The number of hydrogen-bond donors (Lipinski definition) is 1. The SMILES string of the molecule is Cl.O=C(C1CCCOC1c1ccccc1)N1CCC(NCC2CC2)CC1. The second-order valence-electron chi connectivity index (χ2n) is 7.90. The van der Waals surface area contributed by atoms with Gasteiger partial charge in [0.05, 0.1) is 12.0 Å². The van der Waals surface area contributed by atoms with Crippen LogP contribution in [-0.2, 0) is 9.53 Å². The lowest BCUT2D eigenvalue weighted by Crippen LogP contribution is -2.48. The van der Waals surface area contributed by atoms with Crippen LogP contribution in [-0.4, -0.2) is 43.1 Å².